The van der Waals surface area contributed by atoms with Crippen LogP contribution in [-0.2, 0) is 34.4 Å². The maximum absolute atomic E-state index is 14.3. The van der Waals surface area contributed by atoms with Crippen LogP contribution in [0.1, 0.15) is 73.7 Å². The van der Waals surface area contributed by atoms with Gasteiger partial charge in [-0.3, -0.25) is 28.8 Å². The fraction of sp³-hybridized carbons (Fsp3) is 0.371. The average molecular weight is 829 g/mol. The number of anilines is 2. The van der Waals surface area contributed by atoms with Crippen LogP contribution in [-0.4, -0.2) is 67.8 Å². The van der Waals surface area contributed by atoms with Crippen LogP contribution >= 0.6 is 30.3 Å². The summed E-state index contributed by atoms with van der Waals surface area (Å²) in [7, 11) is -3.68. The lowest BCUT2D eigenvalue weighted by Gasteiger charge is -2.19. The van der Waals surface area contributed by atoms with Crippen LogP contribution in [0.3, 0.4) is 0 Å². The standard InChI is InChI=1S/C35H38FN8O9PS2/c1-6-51-54(49,52-7-2)18-50-25-13-24(29(45)39-16-20-12-19-15-37-27(14-26(19)55-20)41-34(48)53-35(3,4)5)44-28(25)38-17-23(33(44)47)40-30(46)32-43-42-31(56-32)21-10-8-9-11-22(21)36/h8-12,14-15,17,24-25H,6-7,13,16,18H2,1-5H3,(H,39,45)(H,40,46)(H,37,41,48)/t24-,25+/m0/s1. The number of pyridine rings is 1. The summed E-state index contributed by atoms with van der Waals surface area (Å²) in [5.41, 5.74) is -1.55. The lowest BCUT2D eigenvalue weighted by molar-refractivity contribution is -0.124. The molecule has 0 saturated heterocycles. The highest BCUT2D eigenvalue weighted by atomic mass is 32.1. The van der Waals surface area contributed by atoms with Crippen LogP contribution in [0.15, 0.2) is 53.6 Å². The minimum atomic E-state index is -3.68. The van der Waals surface area contributed by atoms with Crippen molar-refractivity contribution in [2.45, 2.75) is 65.3 Å². The zero-order chi connectivity index (χ0) is 40.2. The summed E-state index contributed by atoms with van der Waals surface area (Å²) in [6, 6.07) is 8.28. The molecule has 296 valence electrons. The average Bonchev–Trinajstić information content (AvgIpc) is 3.88. The van der Waals surface area contributed by atoms with E-state index in [1.807, 2.05) is 6.07 Å². The van der Waals surface area contributed by atoms with E-state index in [9.17, 15) is 28.1 Å². The zero-order valence-electron chi connectivity index (χ0n) is 30.9. The van der Waals surface area contributed by atoms with Crippen LogP contribution in [0.25, 0.3) is 20.7 Å². The number of ether oxygens (including phenoxy) is 2. The summed E-state index contributed by atoms with van der Waals surface area (Å²) >= 11 is 2.19. The maximum atomic E-state index is 14.3. The highest BCUT2D eigenvalue weighted by Gasteiger charge is 2.40. The molecule has 0 aliphatic carbocycles. The van der Waals surface area contributed by atoms with E-state index in [-0.39, 0.29) is 53.3 Å². The Labute approximate surface area is 327 Å². The maximum Gasteiger partial charge on any atom is 0.413 e. The Kier molecular flexibility index (Phi) is 12.4. The molecule has 0 bridgehead atoms. The molecule has 5 heterocycles. The predicted octanol–water partition coefficient (Wildman–Crippen LogP) is 6.65. The third-order valence-corrected chi connectivity index (χ3v) is 11.8. The number of hydrogen-bond acceptors (Lipinski definition) is 15. The first-order valence-electron chi connectivity index (χ1n) is 17.3. The normalized spacial score (nSPS) is 15.4. The Balaban J connectivity index is 1.21. The summed E-state index contributed by atoms with van der Waals surface area (Å²) in [5.74, 6) is -1.54. The summed E-state index contributed by atoms with van der Waals surface area (Å²) in [4.78, 5) is 62.7. The first kappa shape index (κ1) is 40.7. The monoisotopic (exact) mass is 828 g/mol. The summed E-state index contributed by atoms with van der Waals surface area (Å²) < 4.78 is 51.4. The fourth-order valence-corrected chi connectivity index (χ4v) is 8.80. The van der Waals surface area contributed by atoms with Gasteiger partial charge >= 0.3 is 13.7 Å². The number of nitrogens with one attached hydrogen (secondary N) is 3. The van der Waals surface area contributed by atoms with Crippen LogP contribution in [0.2, 0.25) is 0 Å². The number of nitrogens with zero attached hydrogens (tertiary/aromatic N) is 5. The third-order valence-electron chi connectivity index (χ3n) is 7.94. The number of aromatic nitrogens is 5. The Morgan fingerprint density at radius 3 is 2.48 bits per heavy atom. The summed E-state index contributed by atoms with van der Waals surface area (Å²) in [6.07, 6.45) is 0.560. The molecular weight excluding hydrogens is 791 g/mol. The molecule has 3 N–H and O–H groups in total. The minimum absolute atomic E-state index is 0.0587. The van der Waals surface area contributed by atoms with Crippen LogP contribution < -0.4 is 21.5 Å². The molecule has 6 rings (SSSR count). The van der Waals surface area contributed by atoms with E-state index in [4.69, 9.17) is 18.5 Å². The Morgan fingerprint density at radius 2 is 1.77 bits per heavy atom. The predicted molar refractivity (Wildman–Crippen MR) is 206 cm³/mol. The molecule has 1 aliphatic heterocycles. The summed E-state index contributed by atoms with van der Waals surface area (Å²) in [6.45, 7) is 8.84. The lowest BCUT2D eigenvalue weighted by atomic mass is 10.1. The number of fused-ring (bicyclic) bond motifs is 2. The van der Waals surface area contributed by atoms with E-state index in [1.54, 1.807) is 52.9 Å². The van der Waals surface area contributed by atoms with Gasteiger partial charge in [0.1, 0.15) is 47.2 Å². The van der Waals surface area contributed by atoms with Gasteiger partial charge in [0.15, 0.2) is 5.01 Å². The third kappa shape index (κ3) is 9.51. The molecule has 3 amide bonds. The van der Waals surface area contributed by atoms with E-state index in [0.717, 1.165) is 37.1 Å². The largest absolute Gasteiger partial charge is 0.444 e. The second-order valence-corrected chi connectivity index (χ2v) is 17.3. The van der Waals surface area contributed by atoms with E-state index in [0.29, 0.717) is 5.82 Å². The molecule has 4 aromatic heterocycles. The molecule has 1 aliphatic rings. The second-order valence-electron chi connectivity index (χ2n) is 13.2. The number of halogens is 1. The Bertz CT molecular complexity index is 2370. The van der Waals surface area contributed by atoms with E-state index in [2.05, 4.69) is 36.1 Å². The van der Waals surface area contributed by atoms with E-state index >= 15 is 0 Å². The highest BCUT2D eigenvalue weighted by Crippen LogP contribution is 2.50. The van der Waals surface area contributed by atoms with Crippen molar-refractivity contribution >= 4 is 69.8 Å². The Morgan fingerprint density at radius 1 is 1.02 bits per heavy atom. The van der Waals surface area contributed by atoms with E-state index < -0.39 is 61.0 Å². The van der Waals surface area contributed by atoms with Crippen molar-refractivity contribution in [3.8, 4) is 10.6 Å². The van der Waals surface area contributed by atoms with Gasteiger partial charge in [-0.2, -0.15) is 0 Å². The lowest BCUT2D eigenvalue weighted by Crippen LogP contribution is -2.36. The molecule has 1 aromatic carbocycles. The number of benzene rings is 1. The van der Waals surface area contributed by atoms with Gasteiger partial charge in [-0.1, -0.05) is 23.5 Å². The molecule has 5 aromatic rings. The molecule has 0 fully saturated rings. The highest BCUT2D eigenvalue weighted by molar-refractivity contribution is 7.53. The minimum Gasteiger partial charge on any atom is -0.444 e. The van der Waals surface area contributed by atoms with Gasteiger partial charge in [-0.05, 0) is 58.9 Å². The van der Waals surface area contributed by atoms with Crippen molar-refractivity contribution in [1.29, 1.82) is 0 Å². The molecule has 0 unspecified atom stereocenters. The topological polar surface area (TPSA) is 215 Å². The van der Waals surface area contributed by atoms with Gasteiger partial charge < -0.3 is 29.2 Å². The van der Waals surface area contributed by atoms with Crippen molar-refractivity contribution in [3.05, 3.63) is 80.7 Å². The molecule has 17 nitrogen and oxygen atoms in total. The molecule has 0 saturated carbocycles. The van der Waals surface area contributed by atoms with Gasteiger partial charge in [0.25, 0.3) is 11.5 Å². The second kappa shape index (κ2) is 17.0. The van der Waals surface area contributed by atoms with Crippen molar-refractivity contribution < 1.29 is 41.9 Å². The quantitative estimate of drug-likeness (QED) is 0.100. The van der Waals surface area contributed by atoms with Gasteiger partial charge in [0.2, 0.25) is 10.9 Å². The molecule has 21 heteroatoms. The molecule has 0 radical (unpaired) electrons. The molecule has 0 spiro atoms. The number of carbonyl (C=O) groups excluding carboxylic acids is 3. The smallest absolute Gasteiger partial charge is 0.413 e. The number of thiophene rings is 1. The van der Waals surface area contributed by atoms with Gasteiger partial charge in [-0.15, -0.1) is 21.5 Å². The molecule has 2 atom stereocenters. The fourth-order valence-electron chi connectivity index (χ4n) is 5.65. The molecular formula is C35H38FN8O9PS2. The van der Waals surface area contributed by atoms with Crippen LogP contribution in [0.4, 0.5) is 20.7 Å². The SMILES string of the molecule is CCOP(=O)(CO[C@@H]1C[C@@H](C(=O)NCc2cc3cnc(NC(=O)OC(C)(C)C)cc3s2)n2c1ncc(NC(=O)c1nnc(-c3ccccc3F)s1)c2=O)OCC. The first-order valence-corrected chi connectivity index (χ1v) is 20.7. The summed E-state index contributed by atoms with van der Waals surface area (Å²) in [5, 5.41) is 16.5. The first-order chi connectivity index (χ1) is 26.7. The van der Waals surface area contributed by atoms with Gasteiger partial charge in [0, 0.05) is 33.1 Å². The van der Waals surface area contributed by atoms with Gasteiger partial charge in [-0.25, -0.2) is 19.2 Å². The Hall–Kier alpha value is -4.98. The van der Waals surface area contributed by atoms with Crippen molar-refractivity contribution in [1.82, 2.24) is 30.0 Å². The zero-order valence-corrected chi connectivity index (χ0v) is 33.4. The van der Waals surface area contributed by atoms with E-state index in [1.165, 1.54) is 29.5 Å². The van der Waals surface area contributed by atoms with Crippen molar-refractivity contribution in [3.63, 3.8) is 0 Å². The number of hydrogen-bond donors (Lipinski definition) is 3. The van der Waals surface area contributed by atoms with Crippen molar-refractivity contribution in [2.75, 3.05) is 30.2 Å². The van der Waals surface area contributed by atoms with Crippen LogP contribution in [0.5, 0.6) is 0 Å². The van der Waals surface area contributed by atoms with Gasteiger partial charge in [0.05, 0.1) is 26.0 Å². The number of amides is 3. The van der Waals surface area contributed by atoms with Crippen molar-refractivity contribution in [2.24, 2.45) is 0 Å². The molecule has 56 heavy (non-hydrogen) atoms. The number of rotatable bonds is 14. The van der Waals surface area contributed by atoms with Crippen LogP contribution in [0, 0.1) is 5.82 Å². The number of carbonyl (C=O) groups is 3.